The number of rotatable bonds is 8. The molecule has 1 aliphatic rings. The number of hydrogen-bond acceptors (Lipinski definition) is 2. The van der Waals surface area contributed by atoms with Gasteiger partial charge in [-0.15, -0.1) is 6.58 Å². The second-order valence-corrected chi connectivity index (χ2v) is 6.04. The molecule has 1 heterocycles. The first-order chi connectivity index (χ1) is 10.1. The van der Waals surface area contributed by atoms with Crippen LogP contribution in [0.15, 0.2) is 30.9 Å². The Labute approximate surface area is 128 Å². The summed E-state index contributed by atoms with van der Waals surface area (Å²) in [6, 6.07) is 6.23. The van der Waals surface area contributed by atoms with Crippen molar-refractivity contribution >= 4 is 0 Å². The molecule has 1 aromatic carbocycles. The monoisotopic (exact) mass is 290 g/mol. The Morgan fingerprint density at radius 2 is 2.14 bits per heavy atom. The maximum atomic E-state index is 13.6. The smallest absolute Gasteiger partial charge is 0.126 e. The molecule has 0 aromatic heterocycles. The molecule has 0 N–H and O–H groups in total. The standard InChI is InChI=1S/C18H27FN2/c1-4-6-10-21(9-5-2)17-13-20(14-17)12-16-8-7-15(3)18(19)11-16/h4,7-8,11,17H,1,5-6,9-10,12-14H2,2-3H3. The number of nitrogens with zero attached hydrogens (tertiary/aromatic N) is 2. The molecule has 1 aromatic rings. The summed E-state index contributed by atoms with van der Waals surface area (Å²) in [6.45, 7) is 13.1. The van der Waals surface area contributed by atoms with Gasteiger partial charge in [0, 0.05) is 32.2 Å². The van der Waals surface area contributed by atoms with E-state index in [0.29, 0.717) is 6.04 Å². The number of hydrogen-bond donors (Lipinski definition) is 0. The summed E-state index contributed by atoms with van der Waals surface area (Å²) in [7, 11) is 0. The van der Waals surface area contributed by atoms with Crippen molar-refractivity contribution in [2.24, 2.45) is 0 Å². The van der Waals surface area contributed by atoms with E-state index < -0.39 is 0 Å². The van der Waals surface area contributed by atoms with Crippen molar-refractivity contribution in [2.75, 3.05) is 26.2 Å². The van der Waals surface area contributed by atoms with Gasteiger partial charge in [-0.2, -0.15) is 0 Å². The minimum absolute atomic E-state index is 0.0943. The van der Waals surface area contributed by atoms with E-state index in [0.717, 1.165) is 50.3 Å². The predicted octanol–water partition coefficient (Wildman–Crippen LogP) is 3.61. The second-order valence-electron chi connectivity index (χ2n) is 6.04. The quantitative estimate of drug-likeness (QED) is 0.675. The average Bonchev–Trinajstić information content (AvgIpc) is 2.42. The van der Waals surface area contributed by atoms with E-state index in [2.05, 4.69) is 23.3 Å². The van der Waals surface area contributed by atoms with Crippen molar-refractivity contribution in [3.05, 3.63) is 47.8 Å². The molecule has 0 bridgehead atoms. The lowest BCUT2D eigenvalue weighted by atomic mass is 10.0. The molecule has 0 atom stereocenters. The Kier molecular flexibility index (Phi) is 5.95. The molecule has 0 saturated carbocycles. The highest BCUT2D eigenvalue weighted by Gasteiger charge is 2.30. The van der Waals surface area contributed by atoms with E-state index in [9.17, 15) is 4.39 Å². The predicted molar refractivity (Wildman–Crippen MR) is 86.9 cm³/mol. The van der Waals surface area contributed by atoms with Crippen LogP contribution in [0.2, 0.25) is 0 Å². The highest BCUT2D eigenvalue weighted by molar-refractivity contribution is 5.23. The van der Waals surface area contributed by atoms with E-state index in [4.69, 9.17) is 0 Å². The number of benzene rings is 1. The molecule has 2 nitrogen and oxygen atoms in total. The minimum Gasteiger partial charge on any atom is -0.298 e. The van der Waals surface area contributed by atoms with Crippen LogP contribution < -0.4 is 0 Å². The molecule has 3 heteroatoms. The fourth-order valence-electron chi connectivity index (χ4n) is 2.92. The maximum Gasteiger partial charge on any atom is 0.126 e. The van der Waals surface area contributed by atoms with Crippen LogP contribution in [0.25, 0.3) is 0 Å². The first kappa shape index (κ1) is 16.2. The van der Waals surface area contributed by atoms with Gasteiger partial charge in [-0.05, 0) is 43.5 Å². The molecule has 0 spiro atoms. The first-order valence-electron chi connectivity index (χ1n) is 7.96. The Morgan fingerprint density at radius 3 is 2.76 bits per heavy atom. The normalized spacial score (nSPS) is 16.2. The molecule has 2 rings (SSSR count). The summed E-state index contributed by atoms with van der Waals surface area (Å²) in [6.07, 6.45) is 4.24. The van der Waals surface area contributed by atoms with Crippen LogP contribution in [0.4, 0.5) is 4.39 Å². The Morgan fingerprint density at radius 1 is 1.38 bits per heavy atom. The zero-order valence-corrected chi connectivity index (χ0v) is 13.3. The van der Waals surface area contributed by atoms with Crippen LogP contribution in [-0.2, 0) is 6.54 Å². The first-order valence-corrected chi connectivity index (χ1v) is 7.96. The SMILES string of the molecule is C=CCCN(CCC)C1CN(Cc2ccc(C)c(F)c2)C1. The van der Waals surface area contributed by atoms with Gasteiger partial charge in [0.15, 0.2) is 0 Å². The number of aryl methyl sites for hydroxylation is 1. The van der Waals surface area contributed by atoms with Crippen molar-refractivity contribution in [1.29, 1.82) is 0 Å². The lowest BCUT2D eigenvalue weighted by molar-refractivity contribution is 0.0293. The largest absolute Gasteiger partial charge is 0.298 e. The summed E-state index contributed by atoms with van der Waals surface area (Å²) in [5.41, 5.74) is 1.79. The highest BCUT2D eigenvalue weighted by atomic mass is 19.1. The molecular weight excluding hydrogens is 263 g/mol. The van der Waals surface area contributed by atoms with Gasteiger partial charge in [-0.25, -0.2) is 4.39 Å². The third-order valence-electron chi connectivity index (χ3n) is 4.23. The van der Waals surface area contributed by atoms with Crippen LogP contribution >= 0.6 is 0 Å². The van der Waals surface area contributed by atoms with E-state index >= 15 is 0 Å². The summed E-state index contributed by atoms with van der Waals surface area (Å²) in [5, 5.41) is 0. The Hall–Kier alpha value is -1.19. The van der Waals surface area contributed by atoms with Gasteiger partial charge in [-0.3, -0.25) is 9.80 Å². The molecular formula is C18H27FN2. The summed E-state index contributed by atoms with van der Waals surface area (Å²) >= 11 is 0. The molecule has 0 unspecified atom stereocenters. The van der Waals surface area contributed by atoms with Gasteiger partial charge in [0.1, 0.15) is 5.82 Å². The van der Waals surface area contributed by atoms with E-state index in [1.54, 1.807) is 13.0 Å². The van der Waals surface area contributed by atoms with Crippen LogP contribution in [-0.4, -0.2) is 42.0 Å². The fraction of sp³-hybridized carbons (Fsp3) is 0.556. The number of halogens is 1. The molecule has 1 aliphatic heterocycles. The van der Waals surface area contributed by atoms with Crippen molar-refractivity contribution in [3.8, 4) is 0 Å². The maximum absolute atomic E-state index is 13.6. The van der Waals surface area contributed by atoms with E-state index in [1.165, 1.54) is 6.42 Å². The zero-order chi connectivity index (χ0) is 15.2. The molecule has 1 fully saturated rings. The van der Waals surface area contributed by atoms with Crippen LogP contribution in [0.3, 0.4) is 0 Å². The highest BCUT2D eigenvalue weighted by Crippen LogP contribution is 2.20. The molecule has 1 saturated heterocycles. The topological polar surface area (TPSA) is 6.48 Å². The summed E-state index contributed by atoms with van der Waals surface area (Å²) in [5.74, 6) is -0.0943. The Balaban J connectivity index is 1.81. The molecule has 116 valence electrons. The van der Waals surface area contributed by atoms with Gasteiger partial charge < -0.3 is 0 Å². The number of likely N-dealkylation sites (tertiary alicyclic amines) is 1. The van der Waals surface area contributed by atoms with Gasteiger partial charge in [-0.1, -0.05) is 25.1 Å². The lowest BCUT2D eigenvalue weighted by Crippen LogP contribution is -2.59. The molecule has 21 heavy (non-hydrogen) atoms. The molecule has 0 amide bonds. The van der Waals surface area contributed by atoms with Crippen molar-refractivity contribution in [2.45, 2.75) is 39.3 Å². The van der Waals surface area contributed by atoms with Gasteiger partial charge in [0.2, 0.25) is 0 Å². The van der Waals surface area contributed by atoms with Crippen molar-refractivity contribution in [3.63, 3.8) is 0 Å². The van der Waals surface area contributed by atoms with Gasteiger partial charge >= 0.3 is 0 Å². The van der Waals surface area contributed by atoms with Gasteiger partial charge in [0.05, 0.1) is 0 Å². The lowest BCUT2D eigenvalue weighted by Gasteiger charge is -2.45. The van der Waals surface area contributed by atoms with E-state index in [-0.39, 0.29) is 5.82 Å². The van der Waals surface area contributed by atoms with Crippen LogP contribution in [0, 0.1) is 12.7 Å². The minimum atomic E-state index is -0.0943. The van der Waals surface area contributed by atoms with Gasteiger partial charge in [0.25, 0.3) is 0 Å². The molecule has 0 radical (unpaired) electrons. The third kappa shape index (κ3) is 4.39. The second kappa shape index (κ2) is 7.71. The van der Waals surface area contributed by atoms with Crippen LogP contribution in [0.5, 0.6) is 0 Å². The van der Waals surface area contributed by atoms with Crippen LogP contribution in [0.1, 0.15) is 30.9 Å². The fourth-order valence-corrected chi connectivity index (χ4v) is 2.92. The van der Waals surface area contributed by atoms with Crippen molar-refractivity contribution < 1.29 is 4.39 Å². The zero-order valence-electron chi connectivity index (χ0n) is 13.3. The summed E-state index contributed by atoms with van der Waals surface area (Å²) < 4.78 is 13.6. The van der Waals surface area contributed by atoms with E-state index in [1.807, 2.05) is 18.2 Å². The average molecular weight is 290 g/mol. The Bertz CT molecular complexity index is 466. The van der Waals surface area contributed by atoms with Crippen molar-refractivity contribution in [1.82, 2.24) is 9.80 Å². The summed E-state index contributed by atoms with van der Waals surface area (Å²) in [4.78, 5) is 4.96. The third-order valence-corrected chi connectivity index (χ3v) is 4.23. The molecule has 0 aliphatic carbocycles.